The molecule has 0 saturated carbocycles. The monoisotopic (exact) mass is 619 g/mol. The lowest BCUT2D eigenvalue weighted by molar-refractivity contribution is -0.199. The number of hydrogen-bond acceptors (Lipinski definition) is 11. The number of anilines is 1. The fourth-order valence-corrected chi connectivity index (χ4v) is 5.87. The third kappa shape index (κ3) is 7.97. The van der Waals surface area contributed by atoms with Gasteiger partial charge in [0, 0.05) is 12.6 Å². The van der Waals surface area contributed by atoms with Crippen LogP contribution in [0.5, 0.6) is 0 Å². The zero-order valence-corrected chi connectivity index (χ0v) is 25.8. The second-order valence-electron chi connectivity index (χ2n) is 10.7. The van der Waals surface area contributed by atoms with Gasteiger partial charge in [-0.05, 0) is 29.9 Å². The Balaban J connectivity index is 1.24. The Bertz CT molecular complexity index is 1490. The normalized spacial score (nSPS) is 21.6. The molecule has 5 rings (SSSR count). The average Bonchev–Trinajstić information content (AvgIpc) is 3.74. The second-order valence-corrected chi connectivity index (χ2v) is 11.8. The summed E-state index contributed by atoms with van der Waals surface area (Å²) in [5.74, 6) is -0.735. The highest BCUT2D eigenvalue weighted by Gasteiger charge is 2.42. The number of rotatable bonds is 14. The summed E-state index contributed by atoms with van der Waals surface area (Å²) in [4.78, 5) is 29.6. The smallest absolute Gasteiger partial charge is 0.360 e. The molecule has 1 aliphatic heterocycles. The van der Waals surface area contributed by atoms with Gasteiger partial charge in [-0.1, -0.05) is 91.0 Å². The molecule has 1 aliphatic rings. The Hall–Kier alpha value is -3.90. The molecule has 0 amide bonds. The van der Waals surface area contributed by atoms with Crippen LogP contribution in [0, 0.1) is 11.8 Å². The van der Waals surface area contributed by atoms with Crippen LogP contribution in [0.4, 0.5) is 5.13 Å². The van der Waals surface area contributed by atoms with Crippen LogP contribution >= 0.6 is 11.3 Å². The Morgan fingerprint density at radius 1 is 0.955 bits per heavy atom. The van der Waals surface area contributed by atoms with E-state index in [-0.39, 0.29) is 48.2 Å². The molecule has 11 heteroatoms. The fourth-order valence-electron chi connectivity index (χ4n) is 5.10. The van der Waals surface area contributed by atoms with Crippen molar-refractivity contribution in [1.29, 1.82) is 0 Å². The van der Waals surface area contributed by atoms with E-state index in [4.69, 9.17) is 23.5 Å². The highest BCUT2D eigenvalue weighted by Crippen LogP contribution is 2.34. The first kappa shape index (κ1) is 31.5. The molecule has 1 fully saturated rings. The van der Waals surface area contributed by atoms with E-state index in [9.17, 15) is 9.59 Å². The molecule has 4 aromatic rings. The van der Waals surface area contributed by atoms with Crippen LogP contribution in [-0.2, 0) is 32.2 Å². The molecule has 2 aromatic heterocycles. The number of esters is 1. The number of ketones is 1. The van der Waals surface area contributed by atoms with Gasteiger partial charge in [-0.25, -0.2) is 9.78 Å². The van der Waals surface area contributed by atoms with Gasteiger partial charge in [-0.2, -0.15) is 0 Å². The summed E-state index contributed by atoms with van der Waals surface area (Å²) < 4.78 is 29.2. The third-order valence-electron chi connectivity index (χ3n) is 7.73. The van der Waals surface area contributed by atoms with Gasteiger partial charge in [0.25, 0.3) is 0 Å². The Morgan fingerprint density at radius 3 is 2.36 bits per heavy atom. The summed E-state index contributed by atoms with van der Waals surface area (Å²) in [6, 6.07) is 21.4. The maximum absolute atomic E-state index is 13.0. The lowest BCUT2D eigenvalue weighted by atomic mass is 9.81. The van der Waals surface area contributed by atoms with Gasteiger partial charge in [-0.15, -0.1) is 0 Å². The number of benzene rings is 2. The number of carbonyl (C=O) groups is 2. The number of ether oxygens (including phenoxy) is 4. The Kier molecular flexibility index (Phi) is 10.9. The quantitative estimate of drug-likeness (QED) is 0.137. The molecule has 10 nitrogen and oxygen atoms in total. The van der Waals surface area contributed by atoms with Crippen molar-refractivity contribution in [2.45, 2.75) is 52.3 Å². The topological polar surface area (TPSA) is 122 Å². The first-order chi connectivity index (χ1) is 21.4. The van der Waals surface area contributed by atoms with Gasteiger partial charge in [0.1, 0.15) is 11.0 Å². The standard InChI is InChI=1S/C33H37N3O7S/c1-4-40-32(38)25-15-26(43-36-25)30(37)29-17-35-33(44-29)34-16-27-31(41-19-24-13-9-6-10-14-24)22(3)21(2)28(42-27)20-39-18-23-11-7-5-8-12-23/h5-15,17,21-22,27-28,31H,4,16,18-20H2,1-3H3,(H,34,35). The molecule has 3 heterocycles. The highest BCUT2D eigenvalue weighted by atomic mass is 32.1. The number of hydrogen-bond donors (Lipinski definition) is 1. The lowest BCUT2D eigenvalue weighted by Gasteiger charge is -2.44. The van der Waals surface area contributed by atoms with Crippen LogP contribution < -0.4 is 5.32 Å². The van der Waals surface area contributed by atoms with Crippen molar-refractivity contribution in [3.63, 3.8) is 0 Å². The first-order valence-electron chi connectivity index (χ1n) is 14.7. The van der Waals surface area contributed by atoms with E-state index in [1.54, 1.807) is 6.92 Å². The molecule has 0 bridgehead atoms. The summed E-state index contributed by atoms with van der Waals surface area (Å²) in [5, 5.41) is 7.53. The highest BCUT2D eigenvalue weighted by molar-refractivity contribution is 7.17. The van der Waals surface area contributed by atoms with Gasteiger partial charge in [0.05, 0.1) is 44.8 Å². The molecule has 1 N–H and O–H groups in total. The number of thiazole rings is 1. The molecule has 0 aliphatic carbocycles. The van der Waals surface area contributed by atoms with Crippen LogP contribution in [-0.4, -0.2) is 60.0 Å². The third-order valence-corrected chi connectivity index (χ3v) is 8.69. The maximum Gasteiger partial charge on any atom is 0.360 e. The number of carbonyl (C=O) groups excluding carboxylic acids is 2. The number of nitrogens with zero attached hydrogens (tertiary/aromatic N) is 2. The summed E-state index contributed by atoms with van der Waals surface area (Å²) in [6.07, 6.45) is 0.877. The van der Waals surface area contributed by atoms with E-state index in [0.717, 1.165) is 11.1 Å². The van der Waals surface area contributed by atoms with Crippen LogP contribution in [0.1, 0.15) is 57.8 Å². The zero-order chi connectivity index (χ0) is 30.9. The van der Waals surface area contributed by atoms with E-state index in [0.29, 0.717) is 36.4 Å². The van der Waals surface area contributed by atoms with Gasteiger partial charge in [0.2, 0.25) is 11.5 Å². The summed E-state index contributed by atoms with van der Waals surface area (Å²) in [7, 11) is 0. The van der Waals surface area contributed by atoms with Crippen LogP contribution in [0.15, 0.2) is 77.4 Å². The minimum Gasteiger partial charge on any atom is -0.461 e. The van der Waals surface area contributed by atoms with Crippen LogP contribution in [0.2, 0.25) is 0 Å². The first-order valence-corrected chi connectivity index (χ1v) is 15.6. The van der Waals surface area contributed by atoms with Gasteiger partial charge in [-0.3, -0.25) is 4.79 Å². The molecule has 1 saturated heterocycles. The lowest BCUT2D eigenvalue weighted by Crippen LogP contribution is -2.54. The maximum atomic E-state index is 13.0. The zero-order valence-electron chi connectivity index (χ0n) is 25.0. The molecule has 5 atom stereocenters. The molecular formula is C33H37N3O7S. The van der Waals surface area contributed by atoms with Gasteiger partial charge >= 0.3 is 5.97 Å². The molecular weight excluding hydrogens is 582 g/mol. The number of nitrogens with one attached hydrogen (secondary N) is 1. The van der Waals surface area contributed by atoms with Crippen molar-refractivity contribution in [2.75, 3.05) is 25.1 Å². The summed E-state index contributed by atoms with van der Waals surface area (Å²) in [5.41, 5.74) is 2.15. The van der Waals surface area contributed by atoms with Crippen molar-refractivity contribution in [2.24, 2.45) is 11.8 Å². The molecule has 44 heavy (non-hydrogen) atoms. The predicted molar refractivity (Wildman–Crippen MR) is 165 cm³/mol. The minimum absolute atomic E-state index is 0.0558. The Labute approximate surface area is 260 Å². The van der Waals surface area contributed by atoms with E-state index in [1.165, 1.54) is 23.6 Å². The molecule has 5 unspecified atom stereocenters. The van der Waals surface area contributed by atoms with Crippen LogP contribution in [0.25, 0.3) is 0 Å². The Morgan fingerprint density at radius 2 is 1.66 bits per heavy atom. The van der Waals surface area contributed by atoms with E-state index in [2.05, 4.69) is 29.3 Å². The van der Waals surface area contributed by atoms with Crippen LogP contribution in [0.3, 0.4) is 0 Å². The molecule has 2 aromatic carbocycles. The fraction of sp³-hybridized carbons (Fsp3) is 0.394. The van der Waals surface area contributed by atoms with Crippen molar-refractivity contribution >= 4 is 28.2 Å². The average molecular weight is 620 g/mol. The molecule has 0 spiro atoms. The minimum atomic E-state index is -0.647. The van der Waals surface area contributed by atoms with E-state index in [1.807, 2.05) is 60.7 Å². The second kappa shape index (κ2) is 15.2. The van der Waals surface area contributed by atoms with Gasteiger partial charge < -0.3 is 28.8 Å². The SMILES string of the molecule is CCOC(=O)c1cc(C(=O)c2cnc(NCC3OC(COCc4ccccc4)C(C)C(C)C3OCc3ccccc3)s2)on1. The molecule has 232 valence electrons. The van der Waals surface area contributed by atoms with Crippen molar-refractivity contribution in [1.82, 2.24) is 10.1 Å². The van der Waals surface area contributed by atoms with E-state index < -0.39 is 11.8 Å². The largest absolute Gasteiger partial charge is 0.461 e. The van der Waals surface area contributed by atoms with E-state index >= 15 is 0 Å². The summed E-state index contributed by atoms with van der Waals surface area (Å²) in [6.45, 7) is 8.13. The van der Waals surface area contributed by atoms with Gasteiger partial charge in [0.15, 0.2) is 10.8 Å². The molecule has 0 radical (unpaired) electrons. The van der Waals surface area contributed by atoms with Crippen molar-refractivity contribution in [3.8, 4) is 0 Å². The summed E-state index contributed by atoms with van der Waals surface area (Å²) >= 11 is 1.18. The van der Waals surface area contributed by atoms with Crippen molar-refractivity contribution in [3.05, 3.63) is 100 Å². The van der Waals surface area contributed by atoms with Crippen molar-refractivity contribution < 1.29 is 33.1 Å². The predicted octanol–water partition coefficient (Wildman–Crippen LogP) is 5.79. The number of aromatic nitrogens is 2.